The summed E-state index contributed by atoms with van der Waals surface area (Å²) in [6.07, 6.45) is 0. The summed E-state index contributed by atoms with van der Waals surface area (Å²) in [4.78, 5) is 10.5. The smallest absolute Gasteiger partial charge is 0.410 e. The standard InChI is InChI=1S/C20H10F6O2/c21-18(22,20(25,26)19(23,24)17(27)28)14-9-7-12-5-4-10-2-1-3-11-6-8-13(14)16(12)15(10)11/h1-9H,(H,27,28). The van der Waals surface area contributed by atoms with Crippen LogP contribution in [0.5, 0.6) is 0 Å². The third-order valence-electron chi connectivity index (χ3n) is 4.92. The molecule has 4 rings (SSSR count). The van der Waals surface area contributed by atoms with E-state index in [1.165, 1.54) is 6.07 Å². The Bertz CT molecular complexity index is 1220. The van der Waals surface area contributed by atoms with Crippen LogP contribution in [0, 0.1) is 0 Å². The lowest BCUT2D eigenvalue weighted by Gasteiger charge is -2.31. The molecule has 0 aliphatic carbocycles. The van der Waals surface area contributed by atoms with Crippen LogP contribution in [0.1, 0.15) is 5.56 Å². The van der Waals surface area contributed by atoms with E-state index >= 15 is 0 Å². The molecule has 0 bridgehead atoms. The highest BCUT2D eigenvalue weighted by atomic mass is 19.3. The Morgan fingerprint density at radius 3 is 1.79 bits per heavy atom. The van der Waals surface area contributed by atoms with Gasteiger partial charge in [0.2, 0.25) is 0 Å². The molecule has 4 aromatic rings. The fourth-order valence-corrected chi connectivity index (χ4v) is 3.51. The van der Waals surface area contributed by atoms with Gasteiger partial charge in [-0.05, 0) is 32.3 Å². The minimum atomic E-state index is -6.14. The Hall–Kier alpha value is -3.03. The maximum Gasteiger partial charge on any atom is 0.410 e. The second kappa shape index (κ2) is 5.50. The highest BCUT2D eigenvalue weighted by molar-refractivity contribution is 6.23. The van der Waals surface area contributed by atoms with E-state index in [4.69, 9.17) is 5.11 Å². The van der Waals surface area contributed by atoms with Crippen molar-refractivity contribution in [1.82, 2.24) is 0 Å². The van der Waals surface area contributed by atoms with Gasteiger partial charge in [0, 0.05) is 5.56 Å². The van der Waals surface area contributed by atoms with E-state index in [0.29, 0.717) is 27.6 Å². The Balaban J connectivity index is 2.07. The maximum atomic E-state index is 14.7. The number of carboxylic acids is 1. The maximum absolute atomic E-state index is 14.7. The lowest BCUT2D eigenvalue weighted by atomic mass is 9.88. The first kappa shape index (κ1) is 18.3. The predicted octanol–water partition coefficient (Wildman–Crippen LogP) is 6.03. The van der Waals surface area contributed by atoms with Crippen LogP contribution in [0.15, 0.2) is 54.6 Å². The van der Waals surface area contributed by atoms with E-state index in [1.54, 1.807) is 30.3 Å². The van der Waals surface area contributed by atoms with Crippen molar-refractivity contribution in [3.63, 3.8) is 0 Å². The number of carbonyl (C=O) groups is 1. The van der Waals surface area contributed by atoms with Crippen LogP contribution in [-0.2, 0) is 10.7 Å². The molecule has 0 spiro atoms. The molecular weight excluding hydrogens is 386 g/mol. The normalized spacial score (nSPS) is 13.6. The Morgan fingerprint density at radius 2 is 1.21 bits per heavy atom. The van der Waals surface area contributed by atoms with Gasteiger partial charge >= 0.3 is 23.7 Å². The lowest BCUT2D eigenvalue weighted by Crippen LogP contribution is -2.56. The molecule has 0 unspecified atom stereocenters. The number of hydrogen-bond donors (Lipinski definition) is 1. The van der Waals surface area contributed by atoms with Crippen LogP contribution >= 0.6 is 0 Å². The van der Waals surface area contributed by atoms with Crippen LogP contribution in [0.25, 0.3) is 32.3 Å². The third-order valence-corrected chi connectivity index (χ3v) is 4.92. The SMILES string of the molecule is O=C(O)C(F)(F)C(F)(F)C(F)(F)c1ccc2ccc3cccc4ccc1c2c34. The number of hydrogen-bond acceptors (Lipinski definition) is 1. The molecule has 4 aromatic carbocycles. The van der Waals surface area contributed by atoms with Gasteiger partial charge < -0.3 is 5.11 Å². The predicted molar refractivity (Wildman–Crippen MR) is 91.6 cm³/mol. The first-order valence-electron chi connectivity index (χ1n) is 8.04. The fraction of sp³-hybridized carbons (Fsp3) is 0.150. The summed E-state index contributed by atoms with van der Waals surface area (Å²) >= 11 is 0. The van der Waals surface area contributed by atoms with E-state index in [9.17, 15) is 31.1 Å². The van der Waals surface area contributed by atoms with Gasteiger partial charge in [-0.2, -0.15) is 26.3 Å². The molecular formula is C20H10F6O2. The van der Waals surface area contributed by atoms with Crippen molar-refractivity contribution in [2.75, 3.05) is 0 Å². The van der Waals surface area contributed by atoms with E-state index in [1.807, 2.05) is 0 Å². The number of benzene rings is 4. The Kier molecular flexibility index (Phi) is 3.60. The molecule has 0 aliphatic heterocycles. The van der Waals surface area contributed by atoms with Crippen LogP contribution in [0.4, 0.5) is 26.3 Å². The monoisotopic (exact) mass is 396 g/mol. The van der Waals surface area contributed by atoms with E-state index in [2.05, 4.69) is 0 Å². The summed E-state index contributed by atoms with van der Waals surface area (Å²) in [5.41, 5.74) is -1.36. The highest BCUT2D eigenvalue weighted by Crippen LogP contribution is 2.53. The van der Waals surface area contributed by atoms with Crippen molar-refractivity contribution in [3.8, 4) is 0 Å². The second-order valence-electron chi connectivity index (χ2n) is 6.50. The summed E-state index contributed by atoms with van der Waals surface area (Å²) in [5.74, 6) is -20.9. The molecule has 0 amide bonds. The lowest BCUT2D eigenvalue weighted by molar-refractivity contribution is -0.308. The molecule has 0 heterocycles. The zero-order chi connectivity index (χ0) is 20.5. The number of halogens is 6. The molecule has 8 heteroatoms. The van der Waals surface area contributed by atoms with E-state index in [-0.39, 0.29) is 10.8 Å². The first-order chi connectivity index (χ1) is 13.0. The quantitative estimate of drug-likeness (QED) is 0.338. The van der Waals surface area contributed by atoms with Gasteiger partial charge in [-0.15, -0.1) is 0 Å². The third kappa shape index (κ3) is 2.14. The van der Waals surface area contributed by atoms with Crippen molar-refractivity contribution < 1.29 is 36.2 Å². The molecule has 0 atom stereocenters. The molecule has 144 valence electrons. The van der Waals surface area contributed by atoms with Crippen molar-refractivity contribution in [3.05, 3.63) is 60.2 Å². The van der Waals surface area contributed by atoms with E-state index in [0.717, 1.165) is 12.1 Å². The molecule has 0 aliphatic rings. The summed E-state index contributed by atoms with van der Waals surface area (Å²) in [5, 5.41) is 10.6. The van der Waals surface area contributed by atoms with Gasteiger partial charge in [0.25, 0.3) is 0 Å². The van der Waals surface area contributed by atoms with Crippen molar-refractivity contribution in [2.45, 2.75) is 17.8 Å². The second-order valence-corrected chi connectivity index (χ2v) is 6.50. The molecule has 28 heavy (non-hydrogen) atoms. The van der Waals surface area contributed by atoms with E-state index < -0.39 is 29.3 Å². The first-order valence-corrected chi connectivity index (χ1v) is 8.04. The molecule has 1 N–H and O–H groups in total. The summed E-state index contributed by atoms with van der Waals surface area (Å²) in [6, 6.07) is 12.8. The van der Waals surface area contributed by atoms with Gasteiger partial charge in [-0.3, -0.25) is 0 Å². The molecule has 0 saturated heterocycles. The minimum Gasteiger partial charge on any atom is -0.477 e. The van der Waals surface area contributed by atoms with Crippen LogP contribution in [-0.4, -0.2) is 22.9 Å². The van der Waals surface area contributed by atoms with Gasteiger partial charge in [0.05, 0.1) is 0 Å². The van der Waals surface area contributed by atoms with Crippen molar-refractivity contribution in [1.29, 1.82) is 0 Å². The Morgan fingerprint density at radius 1 is 0.714 bits per heavy atom. The molecule has 0 radical (unpaired) electrons. The average Bonchev–Trinajstić information content (AvgIpc) is 2.65. The molecule has 0 aromatic heterocycles. The fourth-order valence-electron chi connectivity index (χ4n) is 3.51. The number of carboxylic acid groups (broad SMARTS) is 1. The van der Waals surface area contributed by atoms with Crippen LogP contribution in [0.2, 0.25) is 0 Å². The largest absolute Gasteiger partial charge is 0.477 e. The average molecular weight is 396 g/mol. The number of rotatable bonds is 4. The number of aliphatic carboxylic acids is 1. The zero-order valence-corrected chi connectivity index (χ0v) is 13.8. The molecule has 0 saturated carbocycles. The van der Waals surface area contributed by atoms with Gasteiger partial charge in [-0.1, -0.05) is 54.6 Å². The molecule has 0 fully saturated rings. The molecule has 2 nitrogen and oxygen atoms in total. The van der Waals surface area contributed by atoms with Crippen molar-refractivity contribution >= 4 is 38.3 Å². The highest BCUT2D eigenvalue weighted by Gasteiger charge is 2.76. The summed E-state index contributed by atoms with van der Waals surface area (Å²) in [6.45, 7) is 0. The minimum absolute atomic E-state index is 0.224. The van der Waals surface area contributed by atoms with Crippen LogP contribution in [0.3, 0.4) is 0 Å². The zero-order valence-electron chi connectivity index (χ0n) is 13.8. The van der Waals surface area contributed by atoms with Crippen LogP contribution < -0.4 is 0 Å². The summed E-state index contributed by atoms with van der Waals surface area (Å²) in [7, 11) is 0. The van der Waals surface area contributed by atoms with Gasteiger partial charge in [0.15, 0.2) is 0 Å². The van der Waals surface area contributed by atoms with Crippen molar-refractivity contribution in [2.24, 2.45) is 0 Å². The Labute approximate surface area is 153 Å². The van der Waals surface area contributed by atoms with Gasteiger partial charge in [0.1, 0.15) is 0 Å². The van der Waals surface area contributed by atoms with Gasteiger partial charge in [-0.25, -0.2) is 4.79 Å². The summed E-state index contributed by atoms with van der Waals surface area (Å²) < 4.78 is 84.4. The topological polar surface area (TPSA) is 37.3 Å². The number of alkyl halides is 6.